The summed E-state index contributed by atoms with van der Waals surface area (Å²) in [5.74, 6) is 0.795. The Labute approximate surface area is 145 Å². The maximum absolute atomic E-state index is 12.2. The molecule has 0 aliphatic carbocycles. The number of fused-ring (bicyclic) bond motifs is 2. The van der Waals surface area contributed by atoms with Gasteiger partial charge in [-0.2, -0.15) is 10.2 Å². The molecule has 25 heavy (non-hydrogen) atoms. The van der Waals surface area contributed by atoms with E-state index in [0.717, 1.165) is 0 Å². The van der Waals surface area contributed by atoms with Crippen molar-refractivity contribution < 1.29 is 14.6 Å². The summed E-state index contributed by atoms with van der Waals surface area (Å²) in [6, 6.07) is 13.8. The highest BCUT2D eigenvalue weighted by atomic mass is 32.1. The highest BCUT2D eigenvalue weighted by Crippen LogP contribution is 2.36. The lowest BCUT2D eigenvalue weighted by Gasteiger charge is -2.06. The second kappa shape index (κ2) is 5.92. The number of nitriles is 1. The minimum atomic E-state index is -0.435. The molecule has 1 aliphatic rings. The van der Waals surface area contributed by atoms with E-state index in [2.05, 4.69) is 4.98 Å². The number of ether oxygens (including phenoxy) is 2. The van der Waals surface area contributed by atoms with E-state index in [9.17, 15) is 15.2 Å². The lowest BCUT2D eigenvalue weighted by atomic mass is 10.1. The molecule has 1 aromatic heterocycles. The largest absolute Gasteiger partial charge is 0.506 e. The monoisotopic (exact) mass is 350 g/mol. The Kier molecular flexibility index (Phi) is 3.60. The van der Waals surface area contributed by atoms with Crippen LogP contribution in [0, 0.1) is 11.3 Å². The van der Waals surface area contributed by atoms with Crippen molar-refractivity contribution in [2.24, 2.45) is 0 Å². The highest BCUT2D eigenvalue weighted by molar-refractivity contribution is 7.19. The van der Waals surface area contributed by atoms with Gasteiger partial charge in [0.15, 0.2) is 11.5 Å². The van der Waals surface area contributed by atoms with Crippen molar-refractivity contribution in [3.05, 3.63) is 63.4 Å². The van der Waals surface area contributed by atoms with E-state index >= 15 is 0 Å². The van der Waals surface area contributed by atoms with Gasteiger partial charge in [-0.3, -0.25) is 4.79 Å². The maximum atomic E-state index is 12.2. The van der Waals surface area contributed by atoms with Gasteiger partial charge < -0.3 is 14.6 Å². The molecule has 2 aromatic carbocycles. The Hall–Kier alpha value is -3.37. The zero-order valence-electron chi connectivity index (χ0n) is 12.7. The second-order valence-corrected chi connectivity index (χ2v) is 6.25. The number of hydrogen-bond donors (Lipinski definition) is 1. The number of aromatic nitrogens is 1. The first kappa shape index (κ1) is 15.2. The molecule has 2 heterocycles. The van der Waals surface area contributed by atoms with Crippen LogP contribution in [0.25, 0.3) is 21.4 Å². The summed E-state index contributed by atoms with van der Waals surface area (Å²) in [6.45, 7) is 0.113. The molecule has 4 rings (SSSR count). The summed E-state index contributed by atoms with van der Waals surface area (Å²) in [6.07, 6.45) is 0. The molecule has 0 radical (unpaired) electrons. The first-order chi connectivity index (χ1) is 12.2. The van der Waals surface area contributed by atoms with Crippen molar-refractivity contribution >= 4 is 32.8 Å². The number of nitrogens with zero attached hydrogens (tertiary/aromatic N) is 2. The molecule has 7 heteroatoms. The van der Waals surface area contributed by atoms with Crippen LogP contribution in [0.3, 0.4) is 0 Å². The topological polar surface area (TPSA) is 92.4 Å². The standard InChI is InChI=1S/C18H10N2O4S/c19-8-12(16(21)10-5-6-13-14(7-10)24-9-23-13)18-20-17(22)11-3-1-2-4-15(11)25-18/h1-7,21H,9H2. The van der Waals surface area contributed by atoms with E-state index in [1.54, 1.807) is 42.5 Å². The van der Waals surface area contributed by atoms with E-state index in [4.69, 9.17) is 9.47 Å². The van der Waals surface area contributed by atoms with Crippen LogP contribution in [-0.2, 0) is 0 Å². The zero-order chi connectivity index (χ0) is 17.4. The average molecular weight is 350 g/mol. The van der Waals surface area contributed by atoms with Crippen molar-refractivity contribution in [2.75, 3.05) is 6.79 Å². The number of allylic oxidation sites excluding steroid dienone is 1. The maximum Gasteiger partial charge on any atom is 0.279 e. The molecule has 0 saturated carbocycles. The number of rotatable bonds is 2. The van der Waals surface area contributed by atoms with Gasteiger partial charge in [-0.25, -0.2) is 0 Å². The fourth-order valence-electron chi connectivity index (χ4n) is 2.51. The van der Waals surface area contributed by atoms with Crippen LogP contribution in [0.4, 0.5) is 0 Å². The molecule has 122 valence electrons. The lowest BCUT2D eigenvalue weighted by Crippen LogP contribution is -2.07. The number of aliphatic hydroxyl groups is 1. The first-order valence-corrected chi connectivity index (χ1v) is 8.12. The predicted molar refractivity (Wildman–Crippen MR) is 93.5 cm³/mol. The van der Waals surface area contributed by atoms with E-state index in [1.165, 1.54) is 11.3 Å². The quantitative estimate of drug-likeness (QED) is 0.563. The Balaban J connectivity index is 1.88. The van der Waals surface area contributed by atoms with Gasteiger partial charge in [0.05, 0.1) is 5.39 Å². The first-order valence-electron chi connectivity index (χ1n) is 7.31. The molecular weight excluding hydrogens is 340 g/mol. The lowest BCUT2D eigenvalue weighted by molar-refractivity contribution is 0.174. The smallest absolute Gasteiger partial charge is 0.279 e. The van der Waals surface area contributed by atoms with Crippen LogP contribution in [-0.4, -0.2) is 16.9 Å². The molecule has 0 spiro atoms. The van der Waals surface area contributed by atoms with Gasteiger partial charge in [0.2, 0.25) is 6.79 Å². The van der Waals surface area contributed by atoms with Gasteiger partial charge in [-0.15, -0.1) is 11.3 Å². The Morgan fingerprint density at radius 3 is 2.84 bits per heavy atom. The summed E-state index contributed by atoms with van der Waals surface area (Å²) < 4.78 is 11.2. The second-order valence-electron chi connectivity index (χ2n) is 5.22. The van der Waals surface area contributed by atoms with Crippen LogP contribution < -0.4 is 15.0 Å². The van der Waals surface area contributed by atoms with Crippen LogP contribution in [0.1, 0.15) is 10.6 Å². The minimum Gasteiger partial charge on any atom is -0.506 e. The normalized spacial score (nSPS) is 13.4. The molecule has 0 atom stereocenters. The number of aliphatic hydroxyl groups excluding tert-OH is 1. The molecule has 0 fully saturated rings. The van der Waals surface area contributed by atoms with E-state index < -0.39 is 5.56 Å². The van der Waals surface area contributed by atoms with Crippen LogP contribution in [0.15, 0.2) is 47.3 Å². The van der Waals surface area contributed by atoms with E-state index in [0.29, 0.717) is 27.1 Å². The minimum absolute atomic E-state index is 0.0632. The van der Waals surface area contributed by atoms with Crippen molar-refractivity contribution in [1.82, 2.24) is 4.98 Å². The van der Waals surface area contributed by atoms with E-state index in [1.807, 2.05) is 6.07 Å². The summed E-state index contributed by atoms with van der Waals surface area (Å²) >= 11 is 1.17. The summed E-state index contributed by atoms with van der Waals surface area (Å²) in [7, 11) is 0. The van der Waals surface area contributed by atoms with Gasteiger partial charge in [0.1, 0.15) is 22.4 Å². The molecule has 3 aromatic rings. The fourth-order valence-corrected chi connectivity index (χ4v) is 3.50. The Bertz CT molecular complexity index is 1130. The number of hydrogen-bond acceptors (Lipinski definition) is 7. The van der Waals surface area contributed by atoms with Crippen molar-refractivity contribution in [3.63, 3.8) is 0 Å². The molecular formula is C18H10N2O4S. The van der Waals surface area contributed by atoms with Gasteiger partial charge in [0, 0.05) is 10.3 Å². The summed E-state index contributed by atoms with van der Waals surface area (Å²) in [4.78, 5) is 16.1. The van der Waals surface area contributed by atoms with Gasteiger partial charge in [0.25, 0.3) is 5.56 Å². The summed E-state index contributed by atoms with van der Waals surface area (Å²) in [5.41, 5.74) is -0.113. The Morgan fingerprint density at radius 2 is 2.00 bits per heavy atom. The molecule has 0 amide bonds. The molecule has 1 aliphatic heterocycles. The molecule has 0 unspecified atom stereocenters. The van der Waals surface area contributed by atoms with E-state index in [-0.39, 0.29) is 23.1 Å². The molecule has 0 saturated heterocycles. The molecule has 1 N–H and O–H groups in total. The van der Waals surface area contributed by atoms with Gasteiger partial charge >= 0.3 is 0 Å². The third-order valence-corrected chi connectivity index (χ3v) is 4.80. The summed E-state index contributed by atoms with van der Waals surface area (Å²) in [5, 5.41) is 20.7. The highest BCUT2D eigenvalue weighted by Gasteiger charge is 2.19. The number of benzene rings is 2. The van der Waals surface area contributed by atoms with Crippen molar-refractivity contribution in [3.8, 4) is 17.6 Å². The van der Waals surface area contributed by atoms with Crippen LogP contribution in [0.2, 0.25) is 0 Å². The third kappa shape index (κ3) is 2.58. The van der Waals surface area contributed by atoms with Crippen molar-refractivity contribution in [1.29, 1.82) is 5.26 Å². The predicted octanol–water partition coefficient (Wildman–Crippen LogP) is 3.34. The zero-order valence-corrected chi connectivity index (χ0v) is 13.5. The SMILES string of the molecule is N#CC(=C(O)c1ccc2c(c1)OCO2)c1nc(=O)c2ccccc2s1. The molecule has 6 nitrogen and oxygen atoms in total. The fraction of sp³-hybridized carbons (Fsp3) is 0.0556. The van der Waals surface area contributed by atoms with Gasteiger partial charge in [-0.05, 0) is 30.3 Å². The third-order valence-electron chi connectivity index (χ3n) is 3.74. The van der Waals surface area contributed by atoms with Crippen molar-refractivity contribution in [2.45, 2.75) is 0 Å². The molecule has 0 bridgehead atoms. The van der Waals surface area contributed by atoms with Gasteiger partial charge in [-0.1, -0.05) is 12.1 Å². The Morgan fingerprint density at radius 1 is 1.20 bits per heavy atom. The average Bonchev–Trinajstić information content (AvgIpc) is 3.10. The van der Waals surface area contributed by atoms with Crippen LogP contribution >= 0.6 is 11.3 Å². The van der Waals surface area contributed by atoms with Crippen LogP contribution in [0.5, 0.6) is 11.5 Å².